The SMILES string of the molecule is CCNC(=NCC1(N2CCOCC2)CCSC1)NC(C)CC. The van der Waals surface area contributed by atoms with Crippen LogP contribution >= 0.6 is 11.8 Å². The number of hydrogen-bond donors (Lipinski definition) is 2. The van der Waals surface area contributed by atoms with E-state index in [-0.39, 0.29) is 5.54 Å². The number of ether oxygens (including phenoxy) is 1. The Kier molecular flexibility index (Phi) is 7.31. The first-order valence-corrected chi connectivity index (χ1v) is 9.81. The van der Waals surface area contributed by atoms with E-state index in [0.29, 0.717) is 6.04 Å². The van der Waals surface area contributed by atoms with E-state index in [2.05, 4.69) is 48.1 Å². The lowest BCUT2D eigenvalue weighted by molar-refractivity contribution is -0.0104. The van der Waals surface area contributed by atoms with Crippen molar-refractivity contribution in [3.05, 3.63) is 0 Å². The van der Waals surface area contributed by atoms with E-state index in [4.69, 9.17) is 9.73 Å². The molecule has 2 unspecified atom stereocenters. The van der Waals surface area contributed by atoms with Gasteiger partial charge in [-0.05, 0) is 32.4 Å². The topological polar surface area (TPSA) is 48.9 Å². The van der Waals surface area contributed by atoms with Gasteiger partial charge in [-0.15, -0.1) is 0 Å². The highest BCUT2D eigenvalue weighted by Crippen LogP contribution is 2.34. The third kappa shape index (κ3) is 4.77. The number of hydrogen-bond acceptors (Lipinski definition) is 4. The van der Waals surface area contributed by atoms with Gasteiger partial charge in [0.1, 0.15) is 0 Å². The van der Waals surface area contributed by atoms with E-state index in [1.165, 1.54) is 17.9 Å². The summed E-state index contributed by atoms with van der Waals surface area (Å²) in [5.41, 5.74) is 0.228. The van der Waals surface area contributed by atoms with Crippen LogP contribution < -0.4 is 10.6 Å². The fourth-order valence-corrected chi connectivity index (χ4v) is 4.46. The summed E-state index contributed by atoms with van der Waals surface area (Å²) >= 11 is 2.07. The maximum atomic E-state index is 5.53. The molecule has 2 N–H and O–H groups in total. The van der Waals surface area contributed by atoms with Gasteiger partial charge in [-0.2, -0.15) is 11.8 Å². The molecule has 0 spiro atoms. The van der Waals surface area contributed by atoms with Gasteiger partial charge >= 0.3 is 0 Å². The Morgan fingerprint density at radius 1 is 1.36 bits per heavy atom. The molecule has 2 aliphatic heterocycles. The smallest absolute Gasteiger partial charge is 0.191 e. The molecule has 2 saturated heterocycles. The van der Waals surface area contributed by atoms with Crippen molar-refractivity contribution in [3.63, 3.8) is 0 Å². The Labute approximate surface area is 139 Å². The quantitative estimate of drug-likeness (QED) is 0.572. The second-order valence-corrected chi connectivity index (χ2v) is 7.38. The van der Waals surface area contributed by atoms with Crippen LogP contribution in [0.3, 0.4) is 0 Å². The van der Waals surface area contributed by atoms with Crippen molar-refractivity contribution in [1.29, 1.82) is 0 Å². The molecule has 0 amide bonds. The van der Waals surface area contributed by atoms with Gasteiger partial charge in [0, 0.05) is 31.4 Å². The summed E-state index contributed by atoms with van der Waals surface area (Å²) < 4.78 is 5.53. The first kappa shape index (κ1) is 17.9. The number of morpholine rings is 1. The Morgan fingerprint density at radius 2 is 2.14 bits per heavy atom. The zero-order valence-corrected chi connectivity index (χ0v) is 15.2. The van der Waals surface area contributed by atoms with E-state index in [9.17, 15) is 0 Å². The number of nitrogens with zero attached hydrogens (tertiary/aromatic N) is 2. The molecular weight excluding hydrogens is 296 g/mol. The molecule has 22 heavy (non-hydrogen) atoms. The Bertz CT molecular complexity index is 352. The van der Waals surface area contributed by atoms with Crippen molar-refractivity contribution in [2.45, 2.75) is 45.2 Å². The largest absolute Gasteiger partial charge is 0.379 e. The Morgan fingerprint density at radius 3 is 2.73 bits per heavy atom. The fourth-order valence-electron chi connectivity index (χ4n) is 2.99. The fraction of sp³-hybridized carbons (Fsp3) is 0.938. The molecular formula is C16H32N4OS. The lowest BCUT2D eigenvalue weighted by Gasteiger charge is -2.42. The molecule has 0 aromatic heterocycles. The molecule has 128 valence electrons. The van der Waals surface area contributed by atoms with Crippen molar-refractivity contribution >= 4 is 17.7 Å². The number of nitrogens with one attached hydrogen (secondary N) is 2. The van der Waals surface area contributed by atoms with Crippen molar-refractivity contribution in [3.8, 4) is 0 Å². The van der Waals surface area contributed by atoms with Gasteiger partial charge < -0.3 is 15.4 Å². The molecule has 2 heterocycles. The molecule has 0 saturated carbocycles. The highest BCUT2D eigenvalue weighted by Gasteiger charge is 2.40. The molecule has 2 atom stereocenters. The summed E-state index contributed by atoms with van der Waals surface area (Å²) in [4.78, 5) is 7.55. The average molecular weight is 329 g/mol. The van der Waals surface area contributed by atoms with Crippen LogP contribution in [0.1, 0.15) is 33.6 Å². The van der Waals surface area contributed by atoms with Crippen LogP contribution in [0.2, 0.25) is 0 Å². The average Bonchev–Trinajstić information content (AvgIpc) is 3.04. The van der Waals surface area contributed by atoms with Crippen LogP contribution in [0.4, 0.5) is 0 Å². The van der Waals surface area contributed by atoms with E-state index < -0.39 is 0 Å². The van der Waals surface area contributed by atoms with E-state index in [0.717, 1.165) is 51.8 Å². The summed E-state index contributed by atoms with van der Waals surface area (Å²) in [6.07, 6.45) is 2.35. The lowest BCUT2D eigenvalue weighted by Crippen LogP contribution is -2.56. The maximum absolute atomic E-state index is 5.53. The number of guanidine groups is 1. The van der Waals surface area contributed by atoms with Gasteiger partial charge in [0.2, 0.25) is 0 Å². The second kappa shape index (κ2) is 8.99. The second-order valence-electron chi connectivity index (χ2n) is 6.28. The monoisotopic (exact) mass is 328 g/mol. The van der Waals surface area contributed by atoms with Gasteiger partial charge in [0.05, 0.1) is 25.3 Å². The molecule has 6 heteroatoms. The Hall–Kier alpha value is -0.460. The maximum Gasteiger partial charge on any atom is 0.191 e. The summed E-state index contributed by atoms with van der Waals surface area (Å²) in [5.74, 6) is 3.41. The van der Waals surface area contributed by atoms with Crippen molar-refractivity contribution in [2.75, 3.05) is 50.9 Å². The van der Waals surface area contributed by atoms with Crippen molar-refractivity contribution < 1.29 is 4.74 Å². The molecule has 2 rings (SSSR count). The first-order valence-electron chi connectivity index (χ1n) is 8.65. The van der Waals surface area contributed by atoms with Crippen LogP contribution in [-0.2, 0) is 4.74 Å². The number of thioether (sulfide) groups is 1. The Balaban J connectivity index is 2.03. The zero-order valence-electron chi connectivity index (χ0n) is 14.4. The van der Waals surface area contributed by atoms with E-state index >= 15 is 0 Å². The molecule has 0 bridgehead atoms. The van der Waals surface area contributed by atoms with Crippen LogP contribution in [0, 0.1) is 0 Å². The molecule has 2 fully saturated rings. The lowest BCUT2D eigenvalue weighted by atomic mass is 9.96. The zero-order chi connectivity index (χ0) is 15.8. The van der Waals surface area contributed by atoms with Gasteiger partial charge in [-0.1, -0.05) is 6.92 Å². The van der Waals surface area contributed by atoms with Crippen LogP contribution in [0.5, 0.6) is 0 Å². The van der Waals surface area contributed by atoms with Crippen LogP contribution in [-0.4, -0.2) is 73.3 Å². The molecule has 0 aromatic rings. The normalized spacial score (nSPS) is 28.6. The number of aliphatic imine (C=N–C) groups is 1. The standard InChI is InChI=1S/C16H32N4OS/c1-4-14(3)19-15(17-5-2)18-12-16(6-11-22-13-16)20-7-9-21-10-8-20/h14H,4-13H2,1-3H3,(H2,17,18,19). The van der Waals surface area contributed by atoms with Crippen LogP contribution in [0.15, 0.2) is 4.99 Å². The number of rotatable bonds is 6. The minimum atomic E-state index is 0.228. The summed E-state index contributed by atoms with van der Waals surface area (Å²) in [6, 6.07) is 0.454. The molecule has 0 aromatic carbocycles. The molecule has 0 radical (unpaired) electrons. The molecule has 2 aliphatic rings. The highest BCUT2D eigenvalue weighted by molar-refractivity contribution is 7.99. The van der Waals surface area contributed by atoms with Gasteiger partial charge in [-0.25, -0.2) is 0 Å². The predicted molar refractivity (Wildman–Crippen MR) is 95.9 cm³/mol. The van der Waals surface area contributed by atoms with Gasteiger partial charge in [0.15, 0.2) is 5.96 Å². The molecule has 0 aliphatic carbocycles. The summed E-state index contributed by atoms with van der Waals surface area (Å²) in [5, 5.41) is 6.88. The third-order valence-electron chi connectivity index (χ3n) is 4.64. The minimum Gasteiger partial charge on any atom is -0.379 e. The summed E-state index contributed by atoms with van der Waals surface area (Å²) in [6.45, 7) is 12.1. The van der Waals surface area contributed by atoms with E-state index in [1.807, 2.05) is 0 Å². The van der Waals surface area contributed by atoms with E-state index in [1.54, 1.807) is 0 Å². The van der Waals surface area contributed by atoms with Crippen molar-refractivity contribution in [1.82, 2.24) is 15.5 Å². The first-order chi connectivity index (χ1) is 10.7. The highest BCUT2D eigenvalue weighted by atomic mass is 32.2. The van der Waals surface area contributed by atoms with Crippen molar-refractivity contribution in [2.24, 2.45) is 4.99 Å². The summed E-state index contributed by atoms with van der Waals surface area (Å²) in [7, 11) is 0. The predicted octanol–water partition coefficient (Wildman–Crippen LogP) is 1.55. The minimum absolute atomic E-state index is 0.228. The van der Waals surface area contributed by atoms with Gasteiger partial charge in [-0.3, -0.25) is 9.89 Å². The molecule has 5 nitrogen and oxygen atoms in total. The third-order valence-corrected chi connectivity index (χ3v) is 5.87. The van der Waals surface area contributed by atoms with Gasteiger partial charge in [0.25, 0.3) is 0 Å². The van der Waals surface area contributed by atoms with Crippen LogP contribution in [0.25, 0.3) is 0 Å².